The van der Waals surface area contributed by atoms with Gasteiger partial charge in [0.25, 0.3) is 10.1 Å². The highest BCUT2D eigenvalue weighted by Gasteiger charge is 2.26. The Labute approximate surface area is 94.0 Å². The van der Waals surface area contributed by atoms with Crippen molar-refractivity contribution in [1.82, 2.24) is 0 Å². The van der Waals surface area contributed by atoms with E-state index in [4.69, 9.17) is 4.55 Å². The Hall–Kier alpha value is -0.940. The third-order valence-electron chi connectivity index (χ3n) is 2.73. The van der Waals surface area contributed by atoms with Crippen LogP contribution < -0.4 is 0 Å². The molecule has 5 heteroatoms. The van der Waals surface area contributed by atoms with E-state index in [1.807, 2.05) is 0 Å². The van der Waals surface area contributed by atoms with Crippen molar-refractivity contribution < 1.29 is 17.4 Å². The Kier molecular flexibility index (Phi) is 2.99. The van der Waals surface area contributed by atoms with Gasteiger partial charge in [0.05, 0.1) is 5.75 Å². The van der Waals surface area contributed by atoms with Gasteiger partial charge in [0.15, 0.2) is 0 Å². The predicted molar refractivity (Wildman–Crippen MR) is 58.5 cm³/mol. The molecule has 1 aliphatic rings. The number of benzene rings is 1. The lowest BCUT2D eigenvalue weighted by atomic mass is 10.0. The van der Waals surface area contributed by atoms with Crippen molar-refractivity contribution in [2.75, 3.05) is 5.75 Å². The standard InChI is InChI=1S/C11H13FO3S/c12-11-4-1-8(5-6-16(13,14)15)7-10(11)9-2-3-9/h1,4,7,9H,2-3,5-6H2,(H,13,14,15). The monoisotopic (exact) mass is 244 g/mol. The Morgan fingerprint density at radius 2 is 2.06 bits per heavy atom. The molecular weight excluding hydrogens is 231 g/mol. The highest BCUT2D eigenvalue weighted by atomic mass is 32.2. The first-order valence-corrected chi connectivity index (χ1v) is 6.80. The van der Waals surface area contributed by atoms with Crippen LogP contribution in [-0.2, 0) is 16.5 Å². The van der Waals surface area contributed by atoms with Crippen LogP contribution in [0.2, 0.25) is 0 Å². The zero-order valence-corrected chi connectivity index (χ0v) is 9.50. The molecule has 0 atom stereocenters. The Morgan fingerprint density at radius 3 is 2.62 bits per heavy atom. The van der Waals surface area contributed by atoms with E-state index in [-0.39, 0.29) is 18.0 Å². The summed E-state index contributed by atoms with van der Waals surface area (Å²) in [6.45, 7) is 0. The molecule has 0 aromatic heterocycles. The van der Waals surface area contributed by atoms with E-state index in [1.54, 1.807) is 12.1 Å². The average Bonchev–Trinajstić information content (AvgIpc) is 2.99. The average molecular weight is 244 g/mol. The molecule has 0 amide bonds. The van der Waals surface area contributed by atoms with Gasteiger partial charge in [-0.1, -0.05) is 12.1 Å². The summed E-state index contributed by atoms with van der Waals surface area (Å²) in [5.41, 5.74) is 1.42. The second kappa shape index (κ2) is 4.14. The number of halogens is 1. The minimum atomic E-state index is -3.94. The highest BCUT2D eigenvalue weighted by molar-refractivity contribution is 7.85. The summed E-state index contributed by atoms with van der Waals surface area (Å²) in [6.07, 6.45) is 2.22. The summed E-state index contributed by atoms with van der Waals surface area (Å²) in [5.74, 6) is -0.244. The minimum absolute atomic E-state index is 0.221. The van der Waals surface area contributed by atoms with Gasteiger partial charge in [0.1, 0.15) is 5.82 Å². The second-order valence-corrected chi connectivity index (χ2v) is 5.74. The second-order valence-electron chi connectivity index (χ2n) is 4.17. The van der Waals surface area contributed by atoms with Crippen LogP contribution in [0, 0.1) is 5.82 Å². The molecule has 3 nitrogen and oxygen atoms in total. The molecule has 0 saturated heterocycles. The molecule has 1 saturated carbocycles. The topological polar surface area (TPSA) is 54.4 Å². The molecule has 0 spiro atoms. The number of rotatable bonds is 4. The lowest BCUT2D eigenvalue weighted by Crippen LogP contribution is -2.07. The van der Waals surface area contributed by atoms with Crippen LogP contribution >= 0.6 is 0 Å². The van der Waals surface area contributed by atoms with Crippen LogP contribution in [0.1, 0.15) is 29.9 Å². The molecule has 0 aliphatic heterocycles. The van der Waals surface area contributed by atoms with Gasteiger partial charge in [-0.2, -0.15) is 8.42 Å². The number of hydrogen-bond acceptors (Lipinski definition) is 2. The first kappa shape index (κ1) is 11.5. The van der Waals surface area contributed by atoms with Gasteiger partial charge >= 0.3 is 0 Å². The molecule has 0 bridgehead atoms. The molecule has 0 unspecified atom stereocenters. The first-order valence-electron chi connectivity index (χ1n) is 5.19. The molecule has 0 heterocycles. The lowest BCUT2D eigenvalue weighted by molar-refractivity contribution is 0.482. The van der Waals surface area contributed by atoms with E-state index >= 15 is 0 Å². The van der Waals surface area contributed by atoms with Crippen molar-refractivity contribution in [3.05, 3.63) is 35.1 Å². The molecule has 16 heavy (non-hydrogen) atoms. The van der Waals surface area contributed by atoms with Crippen molar-refractivity contribution in [2.45, 2.75) is 25.2 Å². The molecule has 1 fully saturated rings. The Morgan fingerprint density at radius 1 is 1.38 bits per heavy atom. The molecule has 1 aromatic carbocycles. The van der Waals surface area contributed by atoms with E-state index in [1.165, 1.54) is 6.07 Å². The largest absolute Gasteiger partial charge is 0.286 e. The molecule has 1 N–H and O–H groups in total. The normalized spacial score (nSPS) is 16.4. The fourth-order valence-corrected chi connectivity index (χ4v) is 2.20. The van der Waals surface area contributed by atoms with E-state index in [0.717, 1.165) is 18.4 Å². The zero-order chi connectivity index (χ0) is 11.8. The first-order chi connectivity index (χ1) is 7.46. The number of hydrogen-bond donors (Lipinski definition) is 1. The highest BCUT2D eigenvalue weighted by Crippen LogP contribution is 2.41. The van der Waals surface area contributed by atoms with Gasteiger partial charge in [0, 0.05) is 0 Å². The molecule has 88 valence electrons. The summed E-state index contributed by atoms with van der Waals surface area (Å²) >= 11 is 0. The smallest absolute Gasteiger partial charge is 0.265 e. The Balaban J connectivity index is 2.13. The van der Waals surface area contributed by atoms with Crippen LogP contribution in [0.5, 0.6) is 0 Å². The van der Waals surface area contributed by atoms with Gasteiger partial charge in [-0.15, -0.1) is 0 Å². The minimum Gasteiger partial charge on any atom is -0.286 e. The summed E-state index contributed by atoms with van der Waals surface area (Å²) < 4.78 is 43.2. The quantitative estimate of drug-likeness (QED) is 0.825. The zero-order valence-electron chi connectivity index (χ0n) is 8.69. The molecule has 2 rings (SSSR count). The fourth-order valence-electron chi connectivity index (χ4n) is 1.70. The summed E-state index contributed by atoms with van der Waals surface area (Å²) in [4.78, 5) is 0. The van der Waals surface area contributed by atoms with Crippen LogP contribution in [0.3, 0.4) is 0 Å². The van der Waals surface area contributed by atoms with E-state index in [2.05, 4.69) is 0 Å². The van der Waals surface area contributed by atoms with Crippen molar-refractivity contribution in [3.8, 4) is 0 Å². The maximum Gasteiger partial charge on any atom is 0.265 e. The summed E-state index contributed by atoms with van der Waals surface area (Å²) in [6, 6.07) is 4.64. The van der Waals surface area contributed by atoms with Gasteiger partial charge in [0.2, 0.25) is 0 Å². The summed E-state index contributed by atoms with van der Waals surface area (Å²) in [7, 11) is -3.94. The molecule has 0 radical (unpaired) electrons. The lowest BCUT2D eigenvalue weighted by Gasteiger charge is -2.05. The maximum absolute atomic E-state index is 13.4. The van der Waals surface area contributed by atoms with Gasteiger partial charge < -0.3 is 0 Å². The van der Waals surface area contributed by atoms with Crippen molar-refractivity contribution in [3.63, 3.8) is 0 Å². The van der Waals surface area contributed by atoms with E-state index in [9.17, 15) is 12.8 Å². The van der Waals surface area contributed by atoms with Gasteiger partial charge in [-0.25, -0.2) is 4.39 Å². The number of aryl methyl sites for hydroxylation is 1. The maximum atomic E-state index is 13.4. The van der Waals surface area contributed by atoms with Crippen LogP contribution in [-0.4, -0.2) is 18.7 Å². The molecular formula is C11H13FO3S. The molecule has 1 aromatic rings. The van der Waals surface area contributed by atoms with E-state index in [0.29, 0.717) is 11.5 Å². The summed E-state index contributed by atoms with van der Waals surface area (Å²) in [5, 5.41) is 0. The van der Waals surface area contributed by atoms with Crippen LogP contribution in [0.15, 0.2) is 18.2 Å². The third kappa shape index (κ3) is 3.02. The molecule has 1 aliphatic carbocycles. The SMILES string of the molecule is O=S(=O)(O)CCc1ccc(F)c(C2CC2)c1. The van der Waals surface area contributed by atoms with Gasteiger partial charge in [-0.05, 0) is 42.4 Å². The third-order valence-corrected chi connectivity index (χ3v) is 3.45. The predicted octanol–water partition coefficient (Wildman–Crippen LogP) is 2.13. The fraction of sp³-hybridized carbons (Fsp3) is 0.455. The Bertz CT molecular complexity index is 492. The van der Waals surface area contributed by atoms with E-state index < -0.39 is 10.1 Å². The van der Waals surface area contributed by atoms with Crippen molar-refractivity contribution in [2.24, 2.45) is 0 Å². The van der Waals surface area contributed by atoms with Crippen LogP contribution in [0.4, 0.5) is 4.39 Å². The van der Waals surface area contributed by atoms with Gasteiger partial charge in [-0.3, -0.25) is 4.55 Å². The van der Waals surface area contributed by atoms with Crippen molar-refractivity contribution in [1.29, 1.82) is 0 Å². The van der Waals surface area contributed by atoms with Crippen molar-refractivity contribution >= 4 is 10.1 Å². The van der Waals surface area contributed by atoms with Crippen LogP contribution in [0.25, 0.3) is 0 Å².